The van der Waals surface area contributed by atoms with E-state index in [1.807, 2.05) is 24.3 Å². The van der Waals surface area contributed by atoms with Gasteiger partial charge in [-0.15, -0.1) is 0 Å². The molecular weight excluding hydrogens is 342 g/mol. The summed E-state index contributed by atoms with van der Waals surface area (Å²) in [6.07, 6.45) is 1.71. The van der Waals surface area contributed by atoms with Crippen LogP contribution >= 0.6 is 0 Å². The SMILES string of the molecule is CC(=O)c1c(C)[nH]c(C(=O)Nc2cccc(OCc3ccccn3)c2)c1C. The zero-order chi connectivity index (χ0) is 19.4. The number of carbonyl (C=O) groups excluding carboxylic acids is 2. The summed E-state index contributed by atoms with van der Waals surface area (Å²) in [7, 11) is 0. The third-order valence-corrected chi connectivity index (χ3v) is 4.22. The van der Waals surface area contributed by atoms with Crippen LogP contribution in [0.2, 0.25) is 0 Å². The average molecular weight is 363 g/mol. The molecule has 0 aliphatic carbocycles. The Bertz CT molecular complexity index is 978. The first-order chi connectivity index (χ1) is 13.0. The molecule has 6 heteroatoms. The number of ether oxygens (including phenoxy) is 1. The fourth-order valence-electron chi connectivity index (χ4n) is 3.00. The molecule has 0 unspecified atom stereocenters. The molecule has 27 heavy (non-hydrogen) atoms. The molecule has 0 aliphatic rings. The number of amides is 1. The van der Waals surface area contributed by atoms with Crippen LogP contribution in [0.4, 0.5) is 5.69 Å². The minimum Gasteiger partial charge on any atom is -0.487 e. The zero-order valence-corrected chi connectivity index (χ0v) is 15.5. The van der Waals surface area contributed by atoms with E-state index in [1.165, 1.54) is 6.92 Å². The van der Waals surface area contributed by atoms with E-state index >= 15 is 0 Å². The van der Waals surface area contributed by atoms with Gasteiger partial charge in [-0.2, -0.15) is 0 Å². The Labute approximate surface area is 157 Å². The molecule has 6 nitrogen and oxygen atoms in total. The van der Waals surface area contributed by atoms with Crippen molar-refractivity contribution in [2.24, 2.45) is 0 Å². The van der Waals surface area contributed by atoms with Crippen molar-refractivity contribution in [2.45, 2.75) is 27.4 Å². The first kappa shape index (κ1) is 18.4. The summed E-state index contributed by atoms with van der Waals surface area (Å²) in [5.41, 5.74) is 3.72. The fourth-order valence-corrected chi connectivity index (χ4v) is 3.00. The molecule has 0 atom stereocenters. The molecule has 138 valence electrons. The number of pyridine rings is 1. The number of aromatic amines is 1. The normalized spacial score (nSPS) is 10.5. The van der Waals surface area contributed by atoms with Crippen molar-refractivity contribution < 1.29 is 14.3 Å². The summed E-state index contributed by atoms with van der Waals surface area (Å²) in [5, 5.41) is 2.84. The topological polar surface area (TPSA) is 84.1 Å². The monoisotopic (exact) mass is 363 g/mol. The van der Waals surface area contributed by atoms with E-state index in [0.717, 1.165) is 5.69 Å². The van der Waals surface area contributed by atoms with E-state index in [2.05, 4.69) is 15.3 Å². The van der Waals surface area contributed by atoms with Gasteiger partial charge in [-0.05, 0) is 50.6 Å². The Balaban J connectivity index is 1.72. The molecule has 1 amide bonds. The number of hydrogen-bond acceptors (Lipinski definition) is 4. The van der Waals surface area contributed by atoms with Gasteiger partial charge in [-0.25, -0.2) is 0 Å². The summed E-state index contributed by atoms with van der Waals surface area (Å²) >= 11 is 0. The van der Waals surface area contributed by atoms with Crippen LogP contribution in [0.3, 0.4) is 0 Å². The zero-order valence-electron chi connectivity index (χ0n) is 15.5. The molecule has 0 saturated heterocycles. The lowest BCUT2D eigenvalue weighted by Gasteiger charge is -2.09. The van der Waals surface area contributed by atoms with E-state index < -0.39 is 0 Å². The van der Waals surface area contributed by atoms with Gasteiger partial charge >= 0.3 is 0 Å². The Kier molecular flexibility index (Phi) is 5.35. The van der Waals surface area contributed by atoms with Gasteiger partial charge in [0.05, 0.1) is 5.69 Å². The van der Waals surface area contributed by atoms with Crippen molar-refractivity contribution in [3.63, 3.8) is 0 Å². The third-order valence-electron chi connectivity index (χ3n) is 4.22. The summed E-state index contributed by atoms with van der Waals surface area (Å²) in [4.78, 5) is 31.6. The lowest BCUT2D eigenvalue weighted by Crippen LogP contribution is -2.14. The minimum absolute atomic E-state index is 0.0646. The Hall–Kier alpha value is -3.41. The van der Waals surface area contributed by atoms with Crippen LogP contribution in [0.25, 0.3) is 0 Å². The summed E-state index contributed by atoms with van der Waals surface area (Å²) in [6.45, 7) is 5.39. The third kappa shape index (κ3) is 4.23. The molecule has 3 rings (SSSR count). The molecule has 0 saturated carbocycles. The average Bonchev–Trinajstić information content (AvgIpc) is 2.95. The highest BCUT2D eigenvalue weighted by Crippen LogP contribution is 2.22. The highest BCUT2D eigenvalue weighted by Gasteiger charge is 2.19. The van der Waals surface area contributed by atoms with Gasteiger partial charge in [0.15, 0.2) is 5.78 Å². The quantitative estimate of drug-likeness (QED) is 0.647. The number of aryl methyl sites for hydroxylation is 1. The molecular formula is C21H21N3O3. The second kappa shape index (κ2) is 7.86. The maximum Gasteiger partial charge on any atom is 0.272 e. The van der Waals surface area contributed by atoms with Gasteiger partial charge in [0, 0.05) is 29.2 Å². The molecule has 2 N–H and O–H groups in total. The lowest BCUT2D eigenvalue weighted by atomic mass is 10.1. The second-order valence-electron chi connectivity index (χ2n) is 6.27. The number of H-pyrrole nitrogens is 1. The highest BCUT2D eigenvalue weighted by molar-refractivity contribution is 6.07. The smallest absolute Gasteiger partial charge is 0.272 e. The van der Waals surface area contributed by atoms with Crippen molar-refractivity contribution in [3.05, 3.63) is 76.9 Å². The van der Waals surface area contributed by atoms with Crippen molar-refractivity contribution in [1.82, 2.24) is 9.97 Å². The molecule has 0 fully saturated rings. The highest BCUT2D eigenvalue weighted by atomic mass is 16.5. The van der Waals surface area contributed by atoms with Gasteiger partial charge in [-0.3, -0.25) is 14.6 Å². The summed E-state index contributed by atoms with van der Waals surface area (Å²) in [6, 6.07) is 12.8. The molecule has 0 spiro atoms. The van der Waals surface area contributed by atoms with E-state index in [9.17, 15) is 9.59 Å². The Morgan fingerprint density at radius 3 is 2.63 bits per heavy atom. The molecule has 3 aromatic rings. The van der Waals surface area contributed by atoms with Crippen molar-refractivity contribution in [1.29, 1.82) is 0 Å². The van der Waals surface area contributed by atoms with Gasteiger partial charge in [0.2, 0.25) is 0 Å². The first-order valence-electron chi connectivity index (χ1n) is 8.60. The minimum atomic E-state index is -0.301. The number of nitrogens with zero attached hydrogens (tertiary/aromatic N) is 1. The summed E-state index contributed by atoms with van der Waals surface area (Å²) in [5.74, 6) is 0.262. The maximum atomic E-state index is 12.6. The largest absolute Gasteiger partial charge is 0.487 e. The van der Waals surface area contributed by atoms with Crippen molar-refractivity contribution in [3.8, 4) is 5.75 Å². The van der Waals surface area contributed by atoms with Crippen LogP contribution in [-0.4, -0.2) is 21.7 Å². The number of benzene rings is 1. The number of anilines is 1. The van der Waals surface area contributed by atoms with Gasteiger partial charge in [-0.1, -0.05) is 12.1 Å². The molecule has 2 heterocycles. The predicted octanol–water partition coefficient (Wildman–Crippen LogP) is 4.06. The van der Waals surface area contributed by atoms with Crippen LogP contribution in [0.15, 0.2) is 48.7 Å². The number of carbonyl (C=O) groups is 2. The van der Waals surface area contributed by atoms with E-state index in [4.69, 9.17) is 4.74 Å². The Morgan fingerprint density at radius 1 is 1.15 bits per heavy atom. The van der Waals surface area contributed by atoms with Gasteiger partial charge in [0.25, 0.3) is 5.91 Å². The lowest BCUT2D eigenvalue weighted by molar-refractivity contribution is 0.101. The molecule has 2 aromatic heterocycles. The number of rotatable bonds is 6. The maximum absolute atomic E-state index is 12.6. The fraction of sp³-hybridized carbons (Fsp3) is 0.190. The second-order valence-corrected chi connectivity index (χ2v) is 6.27. The van der Waals surface area contributed by atoms with E-state index in [-0.39, 0.29) is 11.7 Å². The number of nitrogens with one attached hydrogen (secondary N) is 2. The first-order valence-corrected chi connectivity index (χ1v) is 8.60. The molecule has 0 aliphatic heterocycles. The van der Waals surface area contributed by atoms with Crippen molar-refractivity contribution in [2.75, 3.05) is 5.32 Å². The van der Waals surface area contributed by atoms with Crippen LogP contribution in [0.5, 0.6) is 5.75 Å². The van der Waals surface area contributed by atoms with Crippen molar-refractivity contribution >= 4 is 17.4 Å². The van der Waals surface area contributed by atoms with Crippen LogP contribution in [-0.2, 0) is 6.61 Å². The molecule has 0 radical (unpaired) electrons. The number of Topliss-reactive ketones (excluding diaryl/α,β-unsaturated/α-hetero) is 1. The Morgan fingerprint density at radius 2 is 1.96 bits per heavy atom. The van der Waals surface area contributed by atoms with E-state index in [0.29, 0.717) is 40.6 Å². The molecule has 1 aromatic carbocycles. The number of ketones is 1. The van der Waals surface area contributed by atoms with Crippen LogP contribution < -0.4 is 10.1 Å². The van der Waals surface area contributed by atoms with E-state index in [1.54, 1.807) is 38.2 Å². The van der Waals surface area contributed by atoms with Gasteiger partial charge < -0.3 is 15.0 Å². The van der Waals surface area contributed by atoms with Crippen LogP contribution in [0.1, 0.15) is 44.7 Å². The molecule has 0 bridgehead atoms. The summed E-state index contributed by atoms with van der Waals surface area (Å²) < 4.78 is 5.73. The van der Waals surface area contributed by atoms with Gasteiger partial charge in [0.1, 0.15) is 18.1 Å². The number of aromatic nitrogens is 2. The van der Waals surface area contributed by atoms with Crippen LogP contribution in [0, 0.1) is 13.8 Å². The predicted molar refractivity (Wildman–Crippen MR) is 103 cm³/mol. The number of hydrogen-bond donors (Lipinski definition) is 2. The standard InChI is InChI=1S/C21H21N3O3/c1-13-19(15(3)25)14(2)23-20(13)21(26)24-16-8-6-9-18(11-16)27-12-17-7-4-5-10-22-17/h4-11,23H,12H2,1-3H3,(H,24,26).